The minimum atomic E-state index is 0.455. The maximum atomic E-state index is 3.77. The fourth-order valence-electron chi connectivity index (χ4n) is 2.98. The summed E-state index contributed by atoms with van der Waals surface area (Å²) in [4.78, 5) is 1.34. The lowest BCUT2D eigenvalue weighted by atomic mass is 9.98. The molecule has 1 aliphatic carbocycles. The van der Waals surface area contributed by atoms with Gasteiger partial charge < -0.3 is 5.32 Å². The van der Waals surface area contributed by atoms with Gasteiger partial charge in [-0.15, -0.1) is 11.8 Å². The summed E-state index contributed by atoms with van der Waals surface area (Å²) in [5, 5.41) is 3.77. The van der Waals surface area contributed by atoms with Gasteiger partial charge in [-0.3, -0.25) is 0 Å². The van der Waals surface area contributed by atoms with Crippen LogP contribution in [0.4, 0.5) is 0 Å². The van der Waals surface area contributed by atoms with E-state index in [-0.39, 0.29) is 0 Å². The van der Waals surface area contributed by atoms with Gasteiger partial charge in [-0.2, -0.15) is 0 Å². The minimum absolute atomic E-state index is 0.455. The van der Waals surface area contributed by atoms with E-state index >= 15 is 0 Å². The summed E-state index contributed by atoms with van der Waals surface area (Å²) in [5.74, 6) is 0.887. The molecule has 2 atom stereocenters. The largest absolute Gasteiger partial charge is 0.307 e. The van der Waals surface area contributed by atoms with Crippen LogP contribution in [0.1, 0.15) is 51.1 Å². The summed E-state index contributed by atoms with van der Waals surface area (Å²) >= 11 is 1.80. The highest BCUT2D eigenvalue weighted by Gasteiger charge is 2.22. The first-order valence-electron chi connectivity index (χ1n) is 7.10. The van der Waals surface area contributed by atoms with Gasteiger partial charge >= 0.3 is 0 Å². The highest BCUT2D eigenvalue weighted by atomic mass is 32.2. The number of thioether (sulfide) groups is 1. The lowest BCUT2D eigenvalue weighted by Gasteiger charge is -2.25. The zero-order chi connectivity index (χ0) is 13.0. The van der Waals surface area contributed by atoms with Crippen LogP contribution in [0, 0.1) is 5.92 Å². The van der Waals surface area contributed by atoms with E-state index < -0.39 is 0 Å². The van der Waals surface area contributed by atoms with Crippen molar-refractivity contribution in [2.24, 2.45) is 5.92 Å². The average molecular weight is 263 g/mol. The quantitative estimate of drug-likeness (QED) is 0.777. The van der Waals surface area contributed by atoms with E-state index in [1.54, 1.807) is 11.8 Å². The van der Waals surface area contributed by atoms with Crippen LogP contribution in [0.5, 0.6) is 0 Å². The second-order valence-corrected chi connectivity index (χ2v) is 6.37. The van der Waals surface area contributed by atoms with Crippen LogP contribution in [0.15, 0.2) is 29.2 Å². The molecular formula is C16H25NS. The van der Waals surface area contributed by atoms with E-state index in [0.717, 1.165) is 5.92 Å². The molecule has 0 radical (unpaired) electrons. The maximum Gasteiger partial charge on any atom is 0.0294 e. The van der Waals surface area contributed by atoms with Crippen molar-refractivity contribution >= 4 is 11.8 Å². The number of nitrogens with one attached hydrogen (secondary N) is 1. The summed E-state index contributed by atoms with van der Waals surface area (Å²) in [6, 6.07) is 10.0. The molecule has 0 bridgehead atoms. The van der Waals surface area contributed by atoms with E-state index in [2.05, 4.69) is 49.7 Å². The molecular weight excluding hydrogens is 238 g/mol. The van der Waals surface area contributed by atoms with Gasteiger partial charge in [0.25, 0.3) is 0 Å². The Kier molecular flexibility index (Phi) is 5.13. The van der Waals surface area contributed by atoms with Crippen molar-refractivity contribution < 1.29 is 0 Å². The van der Waals surface area contributed by atoms with Gasteiger partial charge in [-0.1, -0.05) is 25.0 Å². The summed E-state index contributed by atoms with van der Waals surface area (Å²) in [6.07, 6.45) is 7.79. The molecule has 0 amide bonds. The Hall–Kier alpha value is -0.470. The van der Waals surface area contributed by atoms with E-state index in [1.165, 1.54) is 36.1 Å². The van der Waals surface area contributed by atoms with Crippen molar-refractivity contribution in [1.29, 1.82) is 0 Å². The van der Waals surface area contributed by atoms with Gasteiger partial charge in [0.2, 0.25) is 0 Å². The molecule has 2 unspecified atom stereocenters. The zero-order valence-electron chi connectivity index (χ0n) is 11.8. The highest BCUT2D eigenvalue weighted by Crippen LogP contribution is 2.29. The predicted octanol–water partition coefficient (Wildman–Crippen LogP) is 4.64. The van der Waals surface area contributed by atoms with Crippen molar-refractivity contribution in [2.75, 3.05) is 6.26 Å². The molecule has 0 aromatic heterocycles. The van der Waals surface area contributed by atoms with Crippen molar-refractivity contribution in [3.05, 3.63) is 29.8 Å². The smallest absolute Gasteiger partial charge is 0.0294 e. The normalized spacial score (nSPS) is 19.9. The molecule has 100 valence electrons. The minimum Gasteiger partial charge on any atom is -0.307 e. The Labute approximate surface area is 116 Å². The zero-order valence-corrected chi connectivity index (χ0v) is 12.6. The first kappa shape index (κ1) is 14.0. The van der Waals surface area contributed by atoms with E-state index in [4.69, 9.17) is 0 Å². The van der Waals surface area contributed by atoms with Crippen molar-refractivity contribution in [1.82, 2.24) is 5.32 Å². The number of hydrogen-bond donors (Lipinski definition) is 1. The molecule has 1 aromatic rings. The van der Waals surface area contributed by atoms with Crippen LogP contribution in [0.2, 0.25) is 0 Å². The van der Waals surface area contributed by atoms with Crippen LogP contribution in [0.3, 0.4) is 0 Å². The number of rotatable bonds is 5. The van der Waals surface area contributed by atoms with Crippen LogP contribution in [-0.2, 0) is 0 Å². The molecule has 1 aromatic carbocycles. The third kappa shape index (κ3) is 3.52. The molecule has 0 aliphatic heterocycles. The van der Waals surface area contributed by atoms with Gasteiger partial charge in [0, 0.05) is 17.0 Å². The average Bonchev–Trinajstić information content (AvgIpc) is 2.92. The van der Waals surface area contributed by atoms with Crippen molar-refractivity contribution in [3.8, 4) is 0 Å². The molecule has 1 saturated carbocycles. The second kappa shape index (κ2) is 6.63. The van der Waals surface area contributed by atoms with Crippen LogP contribution < -0.4 is 5.32 Å². The molecule has 0 saturated heterocycles. The SMILES string of the molecule is CSc1ccc(C(C)NC(C)C2CCCC2)cc1. The molecule has 1 fully saturated rings. The molecule has 2 heteroatoms. The van der Waals surface area contributed by atoms with Gasteiger partial charge in [0.05, 0.1) is 0 Å². The Morgan fingerprint density at radius 1 is 1.11 bits per heavy atom. The fourth-order valence-corrected chi connectivity index (χ4v) is 3.38. The van der Waals surface area contributed by atoms with Crippen molar-refractivity contribution in [3.63, 3.8) is 0 Å². The summed E-state index contributed by atoms with van der Waals surface area (Å²) < 4.78 is 0. The summed E-state index contributed by atoms with van der Waals surface area (Å²) in [5.41, 5.74) is 1.40. The van der Waals surface area contributed by atoms with Crippen LogP contribution >= 0.6 is 11.8 Å². The third-order valence-corrected chi connectivity index (χ3v) is 4.98. The number of hydrogen-bond acceptors (Lipinski definition) is 2. The fraction of sp³-hybridized carbons (Fsp3) is 0.625. The monoisotopic (exact) mass is 263 g/mol. The topological polar surface area (TPSA) is 12.0 Å². The molecule has 1 nitrogen and oxygen atoms in total. The van der Waals surface area contributed by atoms with E-state index in [9.17, 15) is 0 Å². The lowest BCUT2D eigenvalue weighted by Crippen LogP contribution is -2.34. The van der Waals surface area contributed by atoms with Crippen LogP contribution in [-0.4, -0.2) is 12.3 Å². The molecule has 0 spiro atoms. The van der Waals surface area contributed by atoms with Gasteiger partial charge in [-0.05, 0) is 56.6 Å². The Morgan fingerprint density at radius 2 is 1.72 bits per heavy atom. The van der Waals surface area contributed by atoms with Gasteiger partial charge in [-0.25, -0.2) is 0 Å². The molecule has 1 N–H and O–H groups in total. The Bertz CT molecular complexity index is 354. The van der Waals surface area contributed by atoms with Crippen molar-refractivity contribution in [2.45, 2.75) is 56.5 Å². The first-order valence-corrected chi connectivity index (χ1v) is 8.33. The van der Waals surface area contributed by atoms with Gasteiger partial charge in [0.15, 0.2) is 0 Å². The standard InChI is InChI=1S/C16H25NS/c1-12(14-6-4-5-7-14)17-13(2)15-8-10-16(18-3)11-9-15/h8-14,17H,4-7H2,1-3H3. The highest BCUT2D eigenvalue weighted by molar-refractivity contribution is 7.98. The molecule has 0 heterocycles. The molecule has 1 aliphatic rings. The predicted molar refractivity (Wildman–Crippen MR) is 81.2 cm³/mol. The number of benzene rings is 1. The lowest BCUT2D eigenvalue weighted by molar-refractivity contribution is 0.352. The Balaban J connectivity index is 1.91. The third-order valence-electron chi connectivity index (χ3n) is 4.24. The second-order valence-electron chi connectivity index (χ2n) is 5.49. The maximum absolute atomic E-state index is 3.77. The van der Waals surface area contributed by atoms with Gasteiger partial charge in [0.1, 0.15) is 0 Å². The summed E-state index contributed by atoms with van der Waals surface area (Å²) in [6.45, 7) is 4.63. The molecule has 18 heavy (non-hydrogen) atoms. The Morgan fingerprint density at radius 3 is 2.28 bits per heavy atom. The van der Waals surface area contributed by atoms with Crippen LogP contribution in [0.25, 0.3) is 0 Å². The van der Waals surface area contributed by atoms with E-state index in [0.29, 0.717) is 12.1 Å². The first-order chi connectivity index (χ1) is 8.70. The molecule has 2 rings (SSSR count). The summed E-state index contributed by atoms with van der Waals surface area (Å²) in [7, 11) is 0. The van der Waals surface area contributed by atoms with E-state index in [1.807, 2.05) is 0 Å².